The summed E-state index contributed by atoms with van der Waals surface area (Å²) in [4.78, 5) is 4.21. The Bertz CT molecular complexity index is 1010. The van der Waals surface area contributed by atoms with Crippen LogP contribution in [0.25, 0.3) is 5.69 Å². The molecule has 0 spiro atoms. The fourth-order valence-corrected chi connectivity index (χ4v) is 3.09. The summed E-state index contributed by atoms with van der Waals surface area (Å²) in [5, 5.41) is 8.17. The fraction of sp³-hybridized carbons (Fsp3) is 0.130. The van der Waals surface area contributed by atoms with E-state index in [1.54, 1.807) is 13.3 Å². The van der Waals surface area contributed by atoms with E-state index in [1.807, 2.05) is 59.4 Å². The molecule has 0 radical (unpaired) electrons. The lowest BCUT2D eigenvalue weighted by Gasteiger charge is -2.07. The summed E-state index contributed by atoms with van der Waals surface area (Å²) in [6, 6.07) is 24.2. The first kappa shape index (κ1) is 17.8. The molecule has 0 aliphatic heterocycles. The lowest BCUT2D eigenvalue weighted by molar-refractivity contribution is 0.415. The molecule has 0 atom stereocenters. The SMILES string of the molecule is COc1ccc(Nc2cc(CCc3cccnc3)n(-c3ccccc3)n2)cc1. The van der Waals surface area contributed by atoms with Gasteiger partial charge < -0.3 is 10.1 Å². The zero-order valence-corrected chi connectivity index (χ0v) is 15.7. The Labute approximate surface area is 164 Å². The Hall–Kier alpha value is -3.60. The van der Waals surface area contributed by atoms with Crippen molar-refractivity contribution in [1.29, 1.82) is 0 Å². The van der Waals surface area contributed by atoms with Crippen molar-refractivity contribution >= 4 is 11.5 Å². The molecule has 5 heteroatoms. The molecule has 2 heterocycles. The lowest BCUT2D eigenvalue weighted by Crippen LogP contribution is -2.04. The highest BCUT2D eigenvalue weighted by molar-refractivity contribution is 5.58. The van der Waals surface area contributed by atoms with E-state index in [1.165, 1.54) is 5.56 Å². The second kappa shape index (κ2) is 8.39. The quantitative estimate of drug-likeness (QED) is 0.507. The fourth-order valence-electron chi connectivity index (χ4n) is 3.09. The number of nitrogens with zero attached hydrogens (tertiary/aromatic N) is 3. The predicted molar refractivity (Wildman–Crippen MR) is 111 cm³/mol. The molecule has 5 nitrogen and oxygen atoms in total. The Balaban J connectivity index is 1.59. The third-order valence-corrected chi connectivity index (χ3v) is 4.54. The van der Waals surface area contributed by atoms with Crippen LogP contribution in [-0.4, -0.2) is 21.9 Å². The van der Waals surface area contributed by atoms with Crippen LogP contribution in [0, 0.1) is 0 Å². The van der Waals surface area contributed by atoms with Gasteiger partial charge in [0.1, 0.15) is 5.75 Å². The first-order valence-electron chi connectivity index (χ1n) is 9.26. The molecule has 0 aliphatic rings. The number of anilines is 2. The van der Waals surface area contributed by atoms with Crippen molar-refractivity contribution in [2.45, 2.75) is 12.8 Å². The average molecular weight is 370 g/mol. The minimum atomic E-state index is 0.815. The van der Waals surface area contributed by atoms with E-state index in [0.717, 1.165) is 41.5 Å². The van der Waals surface area contributed by atoms with E-state index in [4.69, 9.17) is 9.84 Å². The molecule has 140 valence electrons. The second-order valence-electron chi connectivity index (χ2n) is 6.48. The molecule has 28 heavy (non-hydrogen) atoms. The molecule has 4 rings (SSSR count). The highest BCUT2D eigenvalue weighted by Gasteiger charge is 2.10. The van der Waals surface area contributed by atoms with Crippen molar-refractivity contribution in [3.63, 3.8) is 0 Å². The first-order chi connectivity index (χ1) is 13.8. The van der Waals surface area contributed by atoms with Gasteiger partial charge in [0.05, 0.1) is 12.8 Å². The van der Waals surface area contributed by atoms with Crippen LogP contribution in [-0.2, 0) is 12.8 Å². The van der Waals surface area contributed by atoms with Gasteiger partial charge in [-0.1, -0.05) is 24.3 Å². The Morgan fingerprint density at radius 2 is 1.75 bits per heavy atom. The topological polar surface area (TPSA) is 52.0 Å². The number of rotatable bonds is 7. The number of para-hydroxylation sites is 1. The average Bonchev–Trinajstić information content (AvgIpc) is 3.17. The van der Waals surface area contributed by atoms with E-state index in [0.29, 0.717) is 0 Å². The number of ether oxygens (including phenoxy) is 1. The second-order valence-corrected chi connectivity index (χ2v) is 6.48. The maximum Gasteiger partial charge on any atom is 0.153 e. The van der Waals surface area contributed by atoms with Gasteiger partial charge in [0, 0.05) is 29.8 Å². The normalized spacial score (nSPS) is 10.6. The number of aryl methyl sites for hydroxylation is 2. The largest absolute Gasteiger partial charge is 0.497 e. The first-order valence-corrected chi connectivity index (χ1v) is 9.26. The summed E-state index contributed by atoms with van der Waals surface area (Å²) in [6.07, 6.45) is 5.50. The van der Waals surface area contributed by atoms with E-state index < -0.39 is 0 Å². The molecule has 0 saturated carbocycles. The molecule has 1 N–H and O–H groups in total. The Kier molecular flexibility index (Phi) is 5.33. The molecular weight excluding hydrogens is 348 g/mol. The van der Waals surface area contributed by atoms with Crippen molar-refractivity contribution in [1.82, 2.24) is 14.8 Å². The molecule has 0 amide bonds. The number of nitrogens with one attached hydrogen (secondary N) is 1. The molecular formula is C23H22N4O. The lowest BCUT2D eigenvalue weighted by atomic mass is 10.1. The molecule has 2 aromatic carbocycles. The summed E-state index contributed by atoms with van der Waals surface area (Å²) in [5.74, 6) is 1.65. The van der Waals surface area contributed by atoms with Crippen LogP contribution in [0.2, 0.25) is 0 Å². The molecule has 4 aromatic rings. The highest BCUT2D eigenvalue weighted by atomic mass is 16.5. The van der Waals surface area contributed by atoms with Crippen LogP contribution in [0.5, 0.6) is 5.75 Å². The number of aromatic nitrogens is 3. The highest BCUT2D eigenvalue weighted by Crippen LogP contribution is 2.22. The number of hydrogen-bond donors (Lipinski definition) is 1. The molecule has 0 saturated heterocycles. The van der Waals surface area contributed by atoms with E-state index in [-0.39, 0.29) is 0 Å². The number of methoxy groups -OCH3 is 1. The smallest absolute Gasteiger partial charge is 0.153 e. The monoisotopic (exact) mass is 370 g/mol. The standard InChI is InChI=1S/C23H22N4O/c1-28-22-13-10-19(11-14-22)25-23-16-21(12-9-18-6-5-15-24-17-18)27(26-23)20-7-3-2-4-8-20/h2-8,10-11,13-17H,9,12H2,1H3,(H,25,26). The number of benzene rings is 2. The summed E-state index contributed by atoms with van der Waals surface area (Å²) in [5.41, 5.74) is 4.38. The van der Waals surface area contributed by atoms with Crippen LogP contribution in [0.4, 0.5) is 11.5 Å². The van der Waals surface area contributed by atoms with Gasteiger partial charge in [0.2, 0.25) is 0 Å². The van der Waals surface area contributed by atoms with Crippen molar-refractivity contribution in [3.05, 3.63) is 96.4 Å². The predicted octanol–water partition coefficient (Wildman–Crippen LogP) is 4.80. The maximum atomic E-state index is 5.22. The van der Waals surface area contributed by atoms with Crippen LogP contribution in [0.15, 0.2) is 85.2 Å². The number of hydrogen-bond acceptors (Lipinski definition) is 4. The van der Waals surface area contributed by atoms with E-state index >= 15 is 0 Å². The maximum absolute atomic E-state index is 5.22. The minimum absolute atomic E-state index is 0.815. The van der Waals surface area contributed by atoms with Crippen molar-refractivity contribution in [3.8, 4) is 11.4 Å². The van der Waals surface area contributed by atoms with Gasteiger partial charge >= 0.3 is 0 Å². The van der Waals surface area contributed by atoms with Crippen molar-refractivity contribution in [2.75, 3.05) is 12.4 Å². The molecule has 0 fully saturated rings. The van der Waals surface area contributed by atoms with Gasteiger partial charge in [0.25, 0.3) is 0 Å². The van der Waals surface area contributed by atoms with E-state index in [9.17, 15) is 0 Å². The van der Waals surface area contributed by atoms with Gasteiger partial charge in [-0.15, -0.1) is 5.10 Å². The summed E-state index contributed by atoms with van der Waals surface area (Å²) in [6.45, 7) is 0. The Morgan fingerprint density at radius 1 is 0.929 bits per heavy atom. The van der Waals surface area contributed by atoms with Crippen LogP contribution in [0.1, 0.15) is 11.3 Å². The van der Waals surface area contributed by atoms with Crippen molar-refractivity contribution < 1.29 is 4.74 Å². The van der Waals surface area contributed by atoms with Crippen LogP contribution >= 0.6 is 0 Å². The Morgan fingerprint density at radius 3 is 2.46 bits per heavy atom. The van der Waals surface area contributed by atoms with Gasteiger partial charge in [-0.3, -0.25) is 4.98 Å². The van der Waals surface area contributed by atoms with Gasteiger partial charge in [-0.25, -0.2) is 4.68 Å². The third kappa shape index (κ3) is 4.20. The van der Waals surface area contributed by atoms with Crippen LogP contribution < -0.4 is 10.1 Å². The molecule has 0 bridgehead atoms. The summed E-state index contributed by atoms with van der Waals surface area (Å²) < 4.78 is 7.22. The molecule has 0 aliphatic carbocycles. The van der Waals surface area contributed by atoms with Gasteiger partial charge in [-0.05, 0) is 60.9 Å². The van der Waals surface area contributed by atoms with Crippen molar-refractivity contribution in [2.24, 2.45) is 0 Å². The number of pyridine rings is 1. The third-order valence-electron chi connectivity index (χ3n) is 4.54. The zero-order valence-electron chi connectivity index (χ0n) is 15.7. The summed E-state index contributed by atoms with van der Waals surface area (Å²) in [7, 11) is 1.67. The van der Waals surface area contributed by atoms with Crippen LogP contribution in [0.3, 0.4) is 0 Å². The van der Waals surface area contributed by atoms with Gasteiger partial charge in [0.15, 0.2) is 5.82 Å². The molecule has 0 unspecified atom stereocenters. The molecule has 2 aromatic heterocycles. The zero-order chi connectivity index (χ0) is 19.2. The minimum Gasteiger partial charge on any atom is -0.497 e. The van der Waals surface area contributed by atoms with Gasteiger partial charge in [-0.2, -0.15) is 0 Å². The summed E-state index contributed by atoms with van der Waals surface area (Å²) >= 11 is 0. The van der Waals surface area contributed by atoms with E-state index in [2.05, 4.69) is 34.6 Å².